The van der Waals surface area contributed by atoms with Gasteiger partial charge in [-0.3, -0.25) is 9.88 Å². The summed E-state index contributed by atoms with van der Waals surface area (Å²) in [6, 6.07) is 12.9. The number of benzene rings is 1. The van der Waals surface area contributed by atoms with E-state index in [1.165, 1.54) is 22.2 Å². The van der Waals surface area contributed by atoms with E-state index in [1.807, 2.05) is 12.1 Å². The van der Waals surface area contributed by atoms with Gasteiger partial charge in [0, 0.05) is 41.0 Å². The highest BCUT2D eigenvalue weighted by atomic mass is 16.5. The van der Waals surface area contributed by atoms with Crippen molar-refractivity contribution < 1.29 is 4.52 Å². The fourth-order valence-corrected chi connectivity index (χ4v) is 5.83. The van der Waals surface area contributed by atoms with Gasteiger partial charge < -0.3 is 9.09 Å². The van der Waals surface area contributed by atoms with Crippen LogP contribution in [0.5, 0.6) is 0 Å². The van der Waals surface area contributed by atoms with Gasteiger partial charge >= 0.3 is 0 Å². The van der Waals surface area contributed by atoms with Gasteiger partial charge in [-0.2, -0.15) is 4.98 Å². The van der Waals surface area contributed by atoms with Gasteiger partial charge in [-0.05, 0) is 56.1 Å². The Hall–Kier alpha value is -3.25. The van der Waals surface area contributed by atoms with Crippen molar-refractivity contribution in [3.05, 3.63) is 72.0 Å². The highest BCUT2D eigenvalue weighted by Gasteiger charge is 2.47. The maximum absolute atomic E-state index is 5.89. The van der Waals surface area contributed by atoms with Crippen LogP contribution in [0.25, 0.3) is 28.0 Å². The van der Waals surface area contributed by atoms with E-state index >= 15 is 0 Å². The number of para-hydroxylation sites is 1. The Morgan fingerprint density at radius 1 is 1.09 bits per heavy atom. The Labute approximate surface area is 187 Å². The van der Waals surface area contributed by atoms with Gasteiger partial charge in [-0.15, -0.1) is 0 Å². The van der Waals surface area contributed by atoms with E-state index in [9.17, 15) is 0 Å². The van der Waals surface area contributed by atoms with Crippen LogP contribution in [0.2, 0.25) is 0 Å². The fourth-order valence-electron chi connectivity index (χ4n) is 5.83. The number of hydrogen-bond acceptors (Lipinski definition) is 5. The number of likely N-dealkylation sites (N-methyl/N-ethyl adjacent to an activating group) is 1. The molecule has 0 N–H and O–H groups in total. The molecule has 2 aliphatic heterocycles. The Morgan fingerprint density at radius 2 is 1.88 bits per heavy atom. The molecule has 32 heavy (non-hydrogen) atoms. The molecule has 162 valence electrons. The molecule has 0 fully saturated rings. The van der Waals surface area contributed by atoms with Crippen LogP contribution in [0, 0.1) is 5.41 Å². The second-order valence-corrected chi connectivity index (χ2v) is 8.98. The summed E-state index contributed by atoms with van der Waals surface area (Å²) in [5.41, 5.74) is 5.99. The van der Waals surface area contributed by atoms with Crippen molar-refractivity contribution in [1.82, 2.24) is 24.6 Å². The summed E-state index contributed by atoms with van der Waals surface area (Å²) in [5, 5.41) is 5.65. The van der Waals surface area contributed by atoms with Crippen LogP contribution in [-0.2, 0) is 6.42 Å². The topological polar surface area (TPSA) is 60.0 Å². The lowest BCUT2D eigenvalue weighted by molar-refractivity contribution is 0.0938. The molecule has 2 aliphatic rings. The number of nitrogens with zero attached hydrogens (tertiary/aromatic N) is 5. The Balaban J connectivity index is 1.63. The smallest absolute Gasteiger partial charge is 0.274 e. The molecule has 0 radical (unpaired) electrons. The lowest BCUT2D eigenvalue weighted by Crippen LogP contribution is -2.45. The summed E-state index contributed by atoms with van der Waals surface area (Å²) < 4.78 is 8.27. The molecular formula is C26H27N5O. The first-order valence-electron chi connectivity index (χ1n) is 11.5. The van der Waals surface area contributed by atoms with Crippen molar-refractivity contribution in [2.24, 2.45) is 5.41 Å². The molecular weight excluding hydrogens is 398 g/mol. The molecule has 0 bridgehead atoms. The van der Waals surface area contributed by atoms with Crippen LogP contribution in [-0.4, -0.2) is 38.2 Å². The van der Waals surface area contributed by atoms with Crippen molar-refractivity contribution in [2.75, 3.05) is 13.6 Å². The molecule has 0 unspecified atom stereocenters. The standard InChI is InChI=1S/C26H27N5O/c1-4-26(5-2)16-21(25-28-24(29-32-25)17-10-13-27-14-11-17)31-20-9-7-6-8-18(20)19-12-15-30(3)23(26)22(19)31/h6-11,13-14,16,23H,4-5,12,15H2,1-3H3/t23-/m1/s1. The van der Waals surface area contributed by atoms with E-state index < -0.39 is 0 Å². The average Bonchev–Trinajstić information content (AvgIpc) is 3.46. The van der Waals surface area contributed by atoms with Gasteiger partial charge in [0.15, 0.2) is 0 Å². The number of fused-ring (bicyclic) bond motifs is 3. The van der Waals surface area contributed by atoms with E-state index in [0.29, 0.717) is 17.8 Å². The predicted octanol–water partition coefficient (Wildman–Crippen LogP) is 5.32. The molecule has 1 atom stereocenters. The lowest BCUT2D eigenvalue weighted by atomic mass is 9.69. The van der Waals surface area contributed by atoms with Gasteiger partial charge in [0.05, 0.1) is 11.6 Å². The van der Waals surface area contributed by atoms with Crippen molar-refractivity contribution in [3.63, 3.8) is 0 Å². The Bertz CT molecular complexity index is 1330. The summed E-state index contributed by atoms with van der Waals surface area (Å²) in [4.78, 5) is 11.5. The Morgan fingerprint density at radius 3 is 2.66 bits per heavy atom. The zero-order valence-corrected chi connectivity index (χ0v) is 18.7. The summed E-state index contributed by atoms with van der Waals surface area (Å²) in [7, 11) is 2.27. The summed E-state index contributed by atoms with van der Waals surface area (Å²) in [5.74, 6) is 1.16. The molecule has 6 rings (SSSR count). The van der Waals surface area contributed by atoms with Crippen molar-refractivity contribution in [2.45, 2.75) is 39.2 Å². The first kappa shape index (κ1) is 19.4. The second kappa shape index (κ2) is 7.14. The third kappa shape index (κ3) is 2.59. The molecule has 0 spiro atoms. The van der Waals surface area contributed by atoms with Gasteiger partial charge in [-0.1, -0.05) is 37.2 Å². The molecule has 6 nitrogen and oxygen atoms in total. The number of aromatic nitrogens is 4. The van der Waals surface area contributed by atoms with Crippen LogP contribution in [0.3, 0.4) is 0 Å². The highest BCUT2D eigenvalue weighted by Crippen LogP contribution is 2.54. The average molecular weight is 426 g/mol. The molecule has 0 saturated carbocycles. The van der Waals surface area contributed by atoms with Crippen LogP contribution in [0.1, 0.15) is 49.9 Å². The van der Waals surface area contributed by atoms with E-state index in [0.717, 1.165) is 37.1 Å². The van der Waals surface area contributed by atoms with Crippen LogP contribution in [0.4, 0.5) is 0 Å². The minimum absolute atomic E-state index is 0.00886. The molecule has 3 aromatic heterocycles. The molecule has 1 aromatic carbocycles. The highest BCUT2D eigenvalue weighted by molar-refractivity contribution is 5.91. The molecule has 0 saturated heterocycles. The summed E-state index contributed by atoms with van der Waals surface area (Å²) in [6.45, 7) is 5.67. The lowest BCUT2D eigenvalue weighted by Gasteiger charge is -2.48. The SMILES string of the molecule is CCC1(CC)C=C(c2nc(-c3ccncc3)no2)n2c3c(c4ccccc42)CCN(C)[C@H]31. The predicted molar refractivity (Wildman–Crippen MR) is 125 cm³/mol. The Kier molecular flexibility index (Phi) is 4.33. The zero-order chi connectivity index (χ0) is 21.9. The van der Waals surface area contributed by atoms with Crippen LogP contribution >= 0.6 is 0 Å². The van der Waals surface area contributed by atoms with Crippen molar-refractivity contribution >= 4 is 16.6 Å². The number of pyridine rings is 1. The molecule has 5 heterocycles. The monoisotopic (exact) mass is 425 g/mol. The zero-order valence-electron chi connectivity index (χ0n) is 18.7. The van der Waals surface area contributed by atoms with E-state index in [-0.39, 0.29) is 5.41 Å². The summed E-state index contributed by atoms with van der Waals surface area (Å²) in [6.07, 6.45) is 9.06. The largest absolute Gasteiger partial charge is 0.332 e. The third-order valence-corrected chi connectivity index (χ3v) is 7.54. The minimum Gasteiger partial charge on any atom is -0.332 e. The van der Waals surface area contributed by atoms with E-state index in [2.05, 4.69) is 70.8 Å². The van der Waals surface area contributed by atoms with E-state index in [1.54, 1.807) is 12.4 Å². The first-order valence-corrected chi connectivity index (χ1v) is 11.5. The van der Waals surface area contributed by atoms with Crippen LogP contribution < -0.4 is 0 Å². The maximum atomic E-state index is 5.89. The second-order valence-electron chi connectivity index (χ2n) is 8.98. The number of hydrogen-bond donors (Lipinski definition) is 0. The molecule has 6 heteroatoms. The van der Waals surface area contributed by atoms with Gasteiger partial charge in [0.1, 0.15) is 5.70 Å². The normalized spacial score (nSPS) is 19.7. The van der Waals surface area contributed by atoms with E-state index in [4.69, 9.17) is 9.51 Å². The van der Waals surface area contributed by atoms with Gasteiger partial charge in [0.25, 0.3) is 5.89 Å². The van der Waals surface area contributed by atoms with Gasteiger partial charge in [0.2, 0.25) is 5.82 Å². The first-order chi connectivity index (χ1) is 15.7. The fraction of sp³-hybridized carbons (Fsp3) is 0.346. The van der Waals surface area contributed by atoms with Crippen molar-refractivity contribution in [1.29, 1.82) is 0 Å². The minimum atomic E-state index is 0.00886. The molecule has 4 aromatic rings. The third-order valence-electron chi connectivity index (χ3n) is 7.54. The molecule has 0 amide bonds. The van der Waals surface area contributed by atoms with Crippen LogP contribution in [0.15, 0.2) is 59.4 Å². The quantitative estimate of drug-likeness (QED) is 0.443. The van der Waals surface area contributed by atoms with Crippen molar-refractivity contribution in [3.8, 4) is 11.4 Å². The summed E-state index contributed by atoms with van der Waals surface area (Å²) >= 11 is 0. The van der Waals surface area contributed by atoms with Gasteiger partial charge in [-0.25, -0.2) is 0 Å². The molecule has 0 aliphatic carbocycles. The maximum Gasteiger partial charge on any atom is 0.274 e. The number of rotatable bonds is 4.